The molecule has 0 fully saturated rings. The van der Waals surface area contributed by atoms with Crippen molar-refractivity contribution in [3.8, 4) is 0 Å². The SMILES string of the molecule is CCC1(N2CC(O)(CC(=O)c3ccccc3N)c3ccccc32)CNc2ccccc21. The molecule has 0 spiro atoms. The number of para-hydroxylation sites is 3. The Morgan fingerprint density at radius 3 is 2.48 bits per heavy atom. The zero-order chi connectivity index (χ0) is 21.6. The molecule has 4 N–H and O–H groups in total. The van der Waals surface area contributed by atoms with Gasteiger partial charge in [0.15, 0.2) is 5.78 Å². The molecule has 2 atom stereocenters. The molecule has 3 aromatic carbocycles. The lowest BCUT2D eigenvalue weighted by molar-refractivity contribution is 0.0379. The lowest BCUT2D eigenvalue weighted by Crippen LogP contribution is -2.49. The first-order valence-corrected chi connectivity index (χ1v) is 10.8. The Morgan fingerprint density at radius 1 is 1.03 bits per heavy atom. The van der Waals surface area contributed by atoms with E-state index in [1.54, 1.807) is 18.2 Å². The molecular formula is C26H27N3O2. The van der Waals surface area contributed by atoms with Gasteiger partial charge in [0.25, 0.3) is 0 Å². The highest BCUT2D eigenvalue weighted by Gasteiger charge is 2.51. The predicted octanol–water partition coefficient (Wildman–Crippen LogP) is 4.28. The fourth-order valence-corrected chi connectivity index (χ4v) is 5.31. The summed E-state index contributed by atoms with van der Waals surface area (Å²) in [6.07, 6.45) is 0.866. The topological polar surface area (TPSA) is 78.6 Å². The smallest absolute Gasteiger partial charge is 0.168 e. The number of β-amino-alcohol motifs (C(OH)–C–C–N with tert-alkyl or cyclic N) is 1. The van der Waals surface area contributed by atoms with Crippen LogP contribution in [0.4, 0.5) is 17.1 Å². The lowest BCUT2D eigenvalue weighted by Gasteiger charge is -2.41. The number of fused-ring (bicyclic) bond motifs is 2. The minimum absolute atomic E-state index is 0.0103. The highest BCUT2D eigenvalue weighted by molar-refractivity contribution is 6.01. The van der Waals surface area contributed by atoms with E-state index in [9.17, 15) is 9.90 Å². The summed E-state index contributed by atoms with van der Waals surface area (Å²) < 4.78 is 0. The van der Waals surface area contributed by atoms with Crippen molar-refractivity contribution in [2.75, 3.05) is 29.0 Å². The van der Waals surface area contributed by atoms with Gasteiger partial charge >= 0.3 is 0 Å². The number of nitrogens with two attached hydrogens (primary N) is 1. The number of rotatable bonds is 5. The number of hydrogen-bond donors (Lipinski definition) is 3. The van der Waals surface area contributed by atoms with Gasteiger partial charge in [0, 0.05) is 46.7 Å². The van der Waals surface area contributed by atoms with Gasteiger partial charge in [0.1, 0.15) is 5.60 Å². The molecule has 2 heterocycles. The lowest BCUT2D eigenvalue weighted by atomic mass is 9.86. The first-order chi connectivity index (χ1) is 15.0. The van der Waals surface area contributed by atoms with Crippen molar-refractivity contribution in [2.45, 2.75) is 30.9 Å². The molecule has 5 nitrogen and oxygen atoms in total. The summed E-state index contributed by atoms with van der Waals surface area (Å²) >= 11 is 0. The Balaban J connectivity index is 1.56. The van der Waals surface area contributed by atoms with Crippen LogP contribution in [0.15, 0.2) is 72.8 Å². The molecule has 2 aliphatic rings. The third kappa shape index (κ3) is 2.92. The van der Waals surface area contributed by atoms with Crippen LogP contribution in [0.1, 0.15) is 41.3 Å². The maximum absolute atomic E-state index is 13.1. The monoisotopic (exact) mass is 413 g/mol. The first kappa shape index (κ1) is 19.6. The third-order valence-corrected chi connectivity index (χ3v) is 6.93. The van der Waals surface area contributed by atoms with Crippen LogP contribution in [0.25, 0.3) is 0 Å². The minimum Gasteiger partial charge on any atom is -0.398 e. The van der Waals surface area contributed by atoms with E-state index < -0.39 is 5.60 Å². The summed E-state index contributed by atoms with van der Waals surface area (Å²) in [5.41, 5.74) is 9.52. The summed E-state index contributed by atoms with van der Waals surface area (Å²) in [5, 5.41) is 15.4. The van der Waals surface area contributed by atoms with Crippen LogP contribution >= 0.6 is 0 Å². The number of nitrogens with one attached hydrogen (secondary N) is 1. The van der Waals surface area contributed by atoms with Crippen LogP contribution in [0.2, 0.25) is 0 Å². The van der Waals surface area contributed by atoms with Gasteiger partial charge in [-0.05, 0) is 30.7 Å². The van der Waals surface area contributed by atoms with Gasteiger partial charge in [0.2, 0.25) is 0 Å². The van der Waals surface area contributed by atoms with Crippen molar-refractivity contribution >= 4 is 22.8 Å². The Labute approximate surface area is 182 Å². The van der Waals surface area contributed by atoms with E-state index in [1.165, 1.54) is 5.56 Å². The van der Waals surface area contributed by atoms with Gasteiger partial charge in [-0.15, -0.1) is 0 Å². The number of aliphatic hydroxyl groups is 1. The van der Waals surface area contributed by atoms with Crippen LogP contribution < -0.4 is 16.0 Å². The molecule has 0 amide bonds. The Hall–Kier alpha value is -3.31. The van der Waals surface area contributed by atoms with Crippen LogP contribution in [-0.2, 0) is 11.1 Å². The molecule has 158 valence electrons. The van der Waals surface area contributed by atoms with Gasteiger partial charge in [-0.2, -0.15) is 0 Å². The molecule has 2 aliphatic heterocycles. The Kier molecular flexibility index (Phi) is 4.52. The van der Waals surface area contributed by atoms with Gasteiger partial charge in [-0.25, -0.2) is 0 Å². The van der Waals surface area contributed by atoms with Crippen molar-refractivity contribution in [3.63, 3.8) is 0 Å². The molecule has 31 heavy (non-hydrogen) atoms. The number of benzene rings is 3. The predicted molar refractivity (Wildman–Crippen MR) is 124 cm³/mol. The van der Waals surface area contributed by atoms with Gasteiger partial charge in [0.05, 0.1) is 12.1 Å². The maximum Gasteiger partial charge on any atom is 0.168 e. The standard InChI is InChI=1S/C26H27N3O2/c1-2-25(16-28-22-13-7-4-10-19(22)25)29-17-26(31,20-11-5-8-14-23(20)29)15-24(30)18-9-3-6-12-21(18)27/h3-14,28,31H,2,15-17,27H2,1H3. The van der Waals surface area contributed by atoms with Crippen molar-refractivity contribution < 1.29 is 9.90 Å². The molecule has 0 radical (unpaired) electrons. The highest BCUT2D eigenvalue weighted by atomic mass is 16.3. The molecule has 0 saturated carbocycles. The van der Waals surface area contributed by atoms with E-state index in [1.807, 2.05) is 36.4 Å². The molecule has 0 aromatic heterocycles. The molecular weight excluding hydrogens is 386 g/mol. The number of hydrogen-bond acceptors (Lipinski definition) is 5. The summed E-state index contributed by atoms with van der Waals surface area (Å²) in [4.78, 5) is 15.4. The summed E-state index contributed by atoms with van der Waals surface area (Å²) in [6.45, 7) is 3.29. The second-order valence-corrected chi connectivity index (χ2v) is 8.61. The molecule has 0 saturated heterocycles. The summed E-state index contributed by atoms with van der Waals surface area (Å²) in [6, 6.07) is 23.3. The average molecular weight is 414 g/mol. The molecule has 0 aliphatic carbocycles. The summed E-state index contributed by atoms with van der Waals surface area (Å²) in [5.74, 6) is -0.146. The molecule has 3 aromatic rings. The van der Waals surface area contributed by atoms with Crippen molar-refractivity contribution in [1.82, 2.24) is 0 Å². The van der Waals surface area contributed by atoms with Crippen molar-refractivity contribution in [2.24, 2.45) is 0 Å². The third-order valence-electron chi connectivity index (χ3n) is 6.93. The second-order valence-electron chi connectivity index (χ2n) is 8.61. The minimum atomic E-state index is -1.28. The number of carbonyl (C=O) groups excluding carboxylic acids is 1. The first-order valence-electron chi connectivity index (χ1n) is 10.8. The largest absolute Gasteiger partial charge is 0.398 e. The van der Waals surface area contributed by atoms with E-state index in [2.05, 4.69) is 35.3 Å². The Morgan fingerprint density at radius 2 is 1.71 bits per heavy atom. The highest BCUT2D eigenvalue weighted by Crippen LogP contribution is 2.51. The number of ketones is 1. The number of nitrogen functional groups attached to an aromatic ring is 1. The molecule has 5 rings (SSSR count). The van der Waals surface area contributed by atoms with Crippen LogP contribution in [-0.4, -0.2) is 24.0 Å². The van der Waals surface area contributed by atoms with Gasteiger partial charge in [-0.1, -0.05) is 55.5 Å². The van der Waals surface area contributed by atoms with Gasteiger partial charge in [-0.3, -0.25) is 4.79 Å². The second kappa shape index (κ2) is 7.13. The van der Waals surface area contributed by atoms with E-state index in [0.29, 0.717) is 17.8 Å². The fourth-order valence-electron chi connectivity index (χ4n) is 5.31. The molecule has 2 unspecified atom stereocenters. The number of carbonyl (C=O) groups is 1. The van der Waals surface area contributed by atoms with E-state index in [4.69, 9.17) is 5.73 Å². The van der Waals surface area contributed by atoms with Crippen LogP contribution in [0, 0.1) is 0 Å². The zero-order valence-corrected chi connectivity index (χ0v) is 17.6. The average Bonchev–Trinajstić information content (AvgIpc) is 3.31. The van der Waals surface area contributed by atoms with Crippen molar-refractivity contribution in [1.29, 1.82) is 0 Å². The van der Waals surface area contributed by atoms with Crippen LogP contribution in [0.3, 0.4) is 0 Å². The zero-order valence-electron chi connectivity index (χ0n) is 17.6. The normalized spacial score (nSPS) is 23.9. The summed E-state index contributed by atoms with van der Waals surface area (Å²) in [7, 11) is 0. The van der Waals surface area contributed by atoms with Gasteiger partial charge < -0.3 is 21.1 Å². The van der Waals surface area contributed by atoms with E-state index in [0.717, 1.165) is 29.9 Å². The number of nitrogens with zero attached hydrogens (tertiary/aromatic N) is 1. The Bertz CT molecular complexity index is 1160. The van der Waals surface area contributed by atoms with E-state index >= 15 is 0 Å². The van der Waals surface area contributed by atoms with Crippen molar-refractivity contribution in [3.05, 3.63) is 89.5 Å². The van der Waals surface area contributed by atoms with E-state index in [-0.39, 0.29) is 17.7 Å². The maximum atomic E-state index is 13.1. The quantitative estimate of drug-likeness (QED) is 0.430. The molecule has 0 bridgehead atoms. The molecule has 5 heteroatoms. The van der Waals surface area contributed by atoms with Crippen LogP contribution in [0.5, 0.6) is 0 Å². The fraction of sp³-hybridized carbons (Fsp3) is 0.269. The number of anilines is 3. The number of Topliss-reactive ketones (excluding diaryl/α,β-unsaturated/α-hetero) is 1.